The number of anilines is 1. The number of amides is 1. The summed E-state index contributed by atoms with van der Waals surface area (Å²) in [6, 6.07) is 12.5. The molecule has 0 saturated carbocycles. The normalized spacial score (nSPS) is 10.4. The number of rotatable bonds is 7. The summed E-state index contributed by atoms with van der Waals surface area (Å²) >= 11 is 0. The van der Waals surface area contributed by atoms with E-state index in [1.54, 1.807) is 54.6 Å². The fourth-order valence-electron chi connectivity index (χ4n) is 2.24. The van der Waals surface area contributed by atoms with Gasteiger partial charge in [0.05, 0.1) is 29.7 Å². The van der Waals surface area contributed by atoms with Crippen molar-refractivity contribution < 1.29 is 14.3 Å². The molecule has 0 aliphatic rings. The lowest BCUT2D eigenvalue weighted by Crippen LogP contribution is -2.15. The van der Waals surface area contributed by atoms with E-state index >= 15 is 0 Å². The number of aromatic nitrogens is 3. The van der Waals surface area contributed by atoms with Crippen molar-refractivity contribution in [1.29, 1.82) is 0 Å². The van der Waals surface area contributed by atoms with E-state index in [-0.39, 0.29) is 5.91 Å². The second-order valence-corrected chi connectivity index (χ2v) is 5.15. The van der Waals surface area contributed by atoms with Crippen LogP contribution in [0.15, 0.2) is 61.1 Å². The number of benzene rings is 1. The first-order valence-electron chi connectivity index (χ1n) is 7.76. The Hall–Kier alpha value is -3.19. The van der Waals surface area contributed by atoms with Gasteiger partial charge in [-0.2, -0.15) is 5.10 Å². The number of nitrogens with one attached hydrogen (secondary N) is 1. The second kappa shape index (κ2) is 8.07. The van der Waals surface area contributed by atoms with E-state index in [9.17, 15) is 4.79 Å². The zero-order valence-corrected chi connectivity index (χ0v) is 13.8. The summed E-state index contributed by atoms with van der Waals surface area (Å²) in [5.74, 6) is 0.243. The van der Waals surface area contributed by atoms with Gasteiger partial charge in [-0.3, -0.25) is 4.79 Å². The van der Waals surface area contributed by atoms with Crippen LogP contribution >= 0.6 is 0 Å². The zero-order valence-electron chi connectivity index (χ0n) is 13.8. The largest absolute Gasteiger partial charge is 0.475 e. The number of nitrogens with zero attached hydrogens (tertiary/aromatic N) is 3. The van der Waals surface area contributed by atoms with Crippen LogP contribution < -0.4 is 10.1 Å². The van der Waals surface area contributed by atoms with Crippen molar-refractivity contribution in [1.82, 2.24) is 14.8 Å². The van der Waals surface area contributed by atoms with Gasteiger partial charge >= 0.3 is 0 Å². The number of carbonyl (C=O) groups excluding carboxylic acids is 1. The van der Waals surface area contributed by atoms with Crippen LogP contribution in [0, 0.1) is 0 Å². The summed E-state index contributed by atoms with van der Waals surface area (Å²) in [6.45, 7) is 0.914. The molecule has 0 atom stereocenters. The van der Waals surface area contributed by atoms with Crippen LogP contribution in [0.4, 0.5) is 5.69 Å². The van der Waals surface area contributed by atoms with Gasteiger partial charge in [0.25, 0.3) is 5.91 Å². The Bertz CT molecular complexity index is 817. The van der Waals surface area contributed by atoms with Crippen molar-refractivity contribution in [2.24, 2.45) is 0 Å². The van der Waals surface area contributed by atoms with Gasteiger partial charge in [-0.15, -0.1) is 0 Å². The molecule has 2 aromatic heterocycles. The molecule has 0 aliphatic heterocycles. The number of hydrogen-bond donors (Lipinski definition) is 1. The molecule has 0 bridgehead atoms. The molecule has 0 spiro atoms. The number of para-hydroxylation sites is 1. The van der Waals surface area contributed by atoms with E-state index in [0.717, 1.165) is 0 Å². The average molecular weight is 338 g/mol. The monoisotopic (exact) mass is 338 g/mol. The molecule has 0 radical (unpaired) electrons. The molecule has 0 aliphatic carbocycles. The summed E-state index contributed by atoms with van der Waals surface area (Å²) in [5, 5.41) is 7.01. The minimum Gasteiger partial charge on any atom is -0.475 e. The average Bonchev–Trinajstić information content (AvgIpc) is 3.18. The number of methoxy groups -OCH3 is 1. The van der Waals surface area contributed by atoms with Crippen molar-refractivity contribution in [2.45, 2.75) is 0 Å². The van der Waals surface area contributed by atoms with Gasteiger partial charge in [-0.1, -0.05) is 12.1 Å². The van der Waals surface area contributed by atoms with Crippen LogP contribution in [-0.2, 0) is 4.74 Å². The Morgan fingerprint density at radius 1 is 1.16 bits per heavy atom. The topological polar surface area (TPSA) is 78.3 Å². The van der Waals surface area contributed by atoms with Gasteiger partial charge in [0.1, 0.15) is 6.61 Å². The first-order chi connectivity index (χ1) is 12.3. The van der Waals surface area contributed by atoms with E-state index in [1.165, 1.54) is 0 Å². The first kappa shape index (κ1) is 16.7. The highest BCUT2D eigenvalue weighted by molar-refractivity contribution is 6.06. The summed E-state index contributed by atoms with van der Waals surface area (Å²) in [5.41, 5.74) is 1.81. The predicted molar refractivity (Wildman–Crippen MR) is 93.1 cm³/mol. The lowest BCUT2D eigenvalue weighted by atomic mass is 10.1. The molecule has 1 aromatic carbocycles. The predicted octanol–water partition coefficient (Wildman–Crippen LogP) is 2.54. The van der Waals surface area contributed by atoms with Crippen molar-refractivity contribution >= 4 is 11.6 Å². The maximum absolute atomic E-state index is 12.6. The molecule has 7 nitrogen and oxygen atoms in total. The molecular formula is C18H18N4O3. The lowest BCUT2D eigenvalue weighted by molar-refractivity contribution is 0.102. The highest BCUT2D eigenvalue weighted by atomic mass is 16.5. The molecule has 1 amide bonds. The SMILES string of the molecule is COCCOc1ccc(NC(=O)c2ccccc2-n2cccn2)cn1. The third kappa shape index (κ3) is 4.21. The molecule has 1 N–H and O–H groups in total. The van der Waals surface area contributed by atoms with Crippen LogP contribution in [-0.4, -0.2) is 41.0 Å². The molecule has 3 rings (SSSR count). The van der Waals surface area contributed by atoms with E-state index < -0.39 is 0 Å². The fraction of sp³-hybridized carbons (Fsp3) is 0.167. The molecule has 0 fully saturated rings. The minimum absolute atomic E-state index is 0.235. The summed E-state index contributed by atoms with van der Waals surface area (Å²) in [4.78, 5) is 16.8. The smallest absolute Gasteiger partial charge is 0.257 e. The summed E-state index contributed by atoms with van der Waals surface area (Å²) in [7, 11) is 1.61. The van der Waals surface area contributed by atoms with Gasteiger partial charge in [-0.25, -0.2) is 9.67 Å². The number of carbonyl (C=O) groups is 1. The van der Waals surface area contributed by atoms with Crippen molar-refractivity contribution in [3.05, 3.63) is 66.6 Å². The fourth-order valence-corrected chi connectivity index (χ4v) is 2.24. The molecule has 7 heteroatoms. The molecule has 2 heterocycles. The number of hydrogen-bond acceptors (Lipinski definition) is 5. The first-order valence-corrected chi connectivity index (χ1v) is 7.76. The van der Waals surface area contributed by atoms with Gasteiger partial charge < -0.3 is 14.8 Å². The second-order valence-electron chi connectivity index (χ2n) is 5.15. The molecule has 25 heavy (non-hydrogen) atoms. The highest BCUT2D eigenvalue weighted by Crippen LogP contribution is 2.17. The van der Waals surface area contributed by atoms with E-state index in [2.05, 4.69) is 15.4 Å². The maximum Gasteiger partial charge on any atom is 0.257 e. The Balaban J connectivity index is 1.71. The maximum atomic E-state index is 12.6. The summed E-state index contributed by atoms with van der Waals surface area (Å²) in [6.07, 6.45) is 5.01. The third-order valence-electron chi connectivity index (χ3n) is 3.43. The molecule has 128 valence electrons. The van der Waals surface area contributed by atoms with Crippen molar-refractivity contribution in [3.63, 3.8) is 0 Å². The highest BCUT2D eigenvalue weighted by Gasteiger charge is 2.13. The number of pyridine rings is 1. The molecule has 3 aromatic rings. The van der Waals surface area contributed by atoms with Crippen LogP contribution in [0.25, 0.3) is 5.69 Å². The van der Waals surface area contributed by atoms with Crippen LogP contribution in [0.2, 0.25) is 0 Å². The van der Waals surface area contributed by atoms with Crippen molar-refractivity contribution in [3.8, 4) is 11.6 Å². The molecular weight excluding hydrogens is 320 g/mol. The quantitative estimate of drug-likeness (QED) is 0.670. The minimum atomic E-state index is -0.235. The summed E-state index contributed by atoms with van der Waals surface area (Å²) < 4.78 is 12.0. The lowest BCUT2D eigenvalue weighted by Gasteiger charge is -2.10. The van der Waals surface area contributed by atoms with Crippen LogP contribution in [0.1, 0.15) is 10.4 Å². The van der Waals surface area contributed by atoms with Crippen LogP contribution in [0.3, 0.4) is 0 Å². The Labute approximate surface area is 145 Å². The molecule has 0 saturated heterocycles. The van der Waals surface area contributed by atoms with E-state index in [4.69, 9.17) is 9.47 Å². The number of ether oxygens (including phenoxy) is 2. The van der Waals surface area contributed by atoms with Gasteiger partial charge in [0.15, 0.2) is 0 Å². The van der Waals surface area contributed by atoms with E-state index in [0.29, 0.717) is 36.0 Å². The van der Waals surface area contributed by atoms with E-state index in [1.807, 2.05) is 18.2 Å². The van der Waals surface area contributed by atoms with Gasteiger partial charge in [0, 0.05) is 25.6 Å². The molecule has 0 unspecified atom stereocenters. The van der Waals surface area contributed by atoms with Gasteiger partial charge in [-0.05, 0) is 24.3 Å². The Kier molecular flexibility index (Phi) is 5.38. The van der Waals surface area contributed by atoms with Crippen molar-refractivity contribution in [2.75, 3.05) is 25.6 Å². The Morgan fingerprint density at radius 2 is 2.04 bits per heavy atom. The van der Waals surface area contributed by atoms with Gasteiger partial charge in [0.2, 0.25) is 5.88 Å². The standard InChI is InChI=1S/C18H18N4O3/c1-24-11-12-25-17-8-7-14(13-19-17)21-18(23)15-5-2-3-6-16(15)22-10-4-9-20-22/h2-10,13H,11-12H2,1H3,(H,21,23). The Morgan fingerprint density at radius 3 is 2.76 bits per heavy atom. The third-order valence-corrected chi connectivity index (χ3v) is 3.43. The zero-order chi connectivity index (χ0) is 17.5. The van der Waals surface area contributed by atoms with Crippen LogP contribution in [0.5, 0.6) is 5.88 Å².